The third kappa shape index (κ3) is 6.60. The summed E-state index contributed by atoms with van der Waals surface area (Å²) in [5.74, 6) is 1.68. The van der Waals surface area contributed by atoms with Crippen molar-refractivity contribution in [2.24, 2.45) is 5.41 Å². The van der Waals surface area contributed by atoms with Gasteiger partial charge < -0.3 is 15.5 Å². The molecule has 0 unspecified atom stereocenters. The Balaban J connectivity index is 2.31. The minimum absolute atomic E-state index is 0.131. The third-order valence-corrected chi connectivity index (χ3v) is 4.13. The average molecular weight is 401 g/mol. The largest absolute Gasteiger partial charge is 0.373 e. The van der Waals surface area contributed by atoms with Gasteiger partial charge in [0.15, 0.2) is 0 Å². The highest BCUT2D eigenvalue weighted by molar-refractivity contribution is 5.94. The lowest BCUT2D eigenvalue weighted by Crippen LogP contribution is -2.30. The lowest BCUT2D eigenvalue weighted by atomic mass is 9.96. The Morgan fingerprint density at radius 1 is 1.21 bits per heavy atom. The van der Waals surface area contributed by atoms with E-state index in [1.54, 1.807) is 12.1 Å². The van der Waals surface area contributed by atoms with E-state index in [2.05, 4.69) is 51.8 Å². The number of aryl methyl sites for hydroxylation is 1. The van der Waals surface area contributed by atoms with Gasteiger partial charge in [0.25, 0.3) is 5.91 Å². The van der Waals surface area contributed by atoms with Crippen LogP contribution in [0.1, 0.15) is 43.6 Å². The van der Waals surface area contributed by atoms with Gasteiger partial charge >= 0.3 is 0 Å². The van der Waals surface area contributed by atoms with Crippen molar-refractivity contribution in [1.29, 1.82) is 0 Å². The minimum atomic E-state index is -0.301. The molecular formula is C21H32N6O2. The maximum absolute atomic E-state index is 12.2. The van der Waals surface area contributed by atoms with Crippen LogP contribution in [0.15, 0.2) is 24.3 Å². The van der Waals surface area contributed by atoms with Crippen molar-refractivity contribution in [3.63, 3.8) is 0 Å². The predicted molar refractivity (Wildman–Crippen MR) is 118 cm³/mol. The molecule has 1 aromatic carbocycles. The van der Waals surface area contributed by atoms with Gasteiger partial charge in [-0.3, -0.25) is 9.63 Å². The Hall–Kier alpha value is -2.87. The smallest absolute Gasteiger partial charge is 0.274 e. The number of amides is 1. The van der Waals surface area contributed by atoms with Crippen molar-refractivity contribution in [2.75, 3.05) is 42.8 Å². The molecule has 1 heterocycles. The number of rotatable bonds is 8. The van der Waals surface area contributed by atoms with E-state index in [4.69, 9.17) is 4.84 Å². The lowest BCUT2D eigenvalue weighted by molar-refractivity contribution is 0.0364. The first-order chi connectivity index (χ1) is 13.6. The highest BCUT2D eigenvalue weighted by atomic mass is 16.6. The van der Waals surface area contributed by atoms with Gasteiger partial charge in [-0.05, 0) is 37.0 Å². The normalized spacial score (nSPS) is 11.1. The van der Waals surface area contributed by atoms with Crippen molar-refractivity contribution in [3.05, 3.63) is 35.4 Å². The van der Waals surface area contributed by atoms with Gasteiger partial charge in [0.05, 0.1) is 6.61 Å². The molecule has 0 radical (unpaired) electrons. The number of nitrogens with zero attached hydrogens (tertiary/aromatic N) is 3. The topological polar surface area (TPSA) is 91.4 Å². The van der Waals surface area contributed by atoms with E-state index in [1.165, 1.54) is 0 Å². The molecule has 0 aliphatic heterocycles. The number of nitrogens with one attached hydrogen (secondary N) is 3. The van der Waals surface area contributed by atoms with Gasteiger partial charge in [-0.15, -0.1) is 0 Å². The van der Waals surface area contributed by atoms with Crippen LogP contribution in [-0.4, -0.2) is 43.1 Å². The van der Waals surface area contributed by atoms with Crippen LogP contribution in [0.2, 0.25) is 0 Å². The standard InChI is InChI=1S/C21H32N6O2/c1-8-29-26-19(28)15-10-9-14(2)16(11-15)23-20-24-17(22-6)12-18(25-20)27(7)13-21(3,4)5/h9-12H,8,13H2,1-7H3,(H,26,28)(H2,22,23,24,25). The van der Waals surface area contributed by atoms with Crippen LogP contribution >= 0.6 is 0 Å². The number of carbonyl (C=O) groups is 1. The summed E-state index contributed by atoms with van der Waals surface area (Å²) in [7, 11) is 3.84. The molecule has 1 amide bonds. The Morgan fingerprint density at radius 3 is 2.55 bits per heavy atom. The SMILES string of the molecule is CCONC(=O)c1ccc(C)c(Nc2nc(NC)cc(N(C)CC(C)(C)C)n2)c1. The molecule has 0 saturated carbocycles. The number of aromatic nitrogens is 2. The second-order valence-corrected chi connectivity index (χ2v) is 8.12. The summed E-state index contributed by atoms with van der Waals surface area (Å²) in [5, 5.41) is 6.33. The minimum Gasteiger partial charge on any atom is -0.373 e. The Labute approximate surface area is 173 Å². The van der Waals surface area contributed by atoms with Crippen molar-refractivity contribution in [2.45, 2.75) is 34.6 Å². The van der Waals surface area contributed by atoms with Gasteiger partial charge in [-0.2, -0.15) is 9.97 Å². The Kier molecular flexibility index (Phi) is 7.39. The van der Waals surface area contributed by atoms with Crippen LogP contribution in [-0.2, 0) is 4.84 Å². The van der Waals surface area contributed by atoms with Crippen molar-refractivity contribution in [3.8, 4) is 0 Å². The van der Waals surface area contributed by atoms with E-state index in [9.17, 15) is 4.79 Å². The molecule has 158 valence electrons. The van der Waals surface area contributed by atoms with Crippen molar-refractivity contribution >= 4 is 29.2 Å². The highest BCUT2D eigenvalue weighted by Crippen LogP contribution is 2.25. The highest BCUT2D eigenvalue weighted by Gasteiger charge is 2.17. The molecule has 0 saturated heterocycles. The maximum atomic E-state index is 12.2. The monoisotopic (exact) mass is 400 g/mol. The van der Waals surface area contributed by atoms with Crippen LogP contribution in [0.25, 0.3) is 0 Å². The lowest BCUT2D eigenvalue weighted by Gasteiger charge is -2.27. The first-order valence-electron chi connectivity index (χ1n) is 9.70. The quantitative estimate of drug-likeness (QED) is 0.582. The number of hydrogen-bond acceptors (Lipinski definition) is 7. The summed E-state index contributed by atoms with van der Waals surface area (Å²) in [6, 6.07) is 7.30. The molecule has 0 aliphatic carbocycles. The summed E-state index contributed by atoms with van der Waals surface area (Å²) >= 11 is 0. The fourth-order valence-corrected chi connectivity index (χ4v) is 2.82. The van der Waals surface area contributed by atoms with Crippen LogP contribution in [0.3, 0.4) is 0 Å². The van der Waals surface area contributed by atoms with Crippen molar-refractivity contribution < 1.29 is 9.63 Å². The van der Waals surface area contributed by atoms with E-state index < -0.39 is 0 Å². The molecule has 0 fully saturated rings. The van der Waals surface area contributed by atoms with Crippen LogP contribution in [0.5, 0.6) is 0 Å². The molecule has 1 aromatic heterocycles. The second kappa shape index (κ2) is 9.56. The van der Waals surface area contributed by atoms with Crippen molar-refractivity contribution in [1.82, 2.24) is 15.4 Å². The van der Waals surface area contributed by atoms with Gasteiger partial charge in [0.1, 0.15) is 11.6 Å². The van der Waals surface area contributed by atoms with E-state index >= 15 is 0 Å². The van der Waals surface area contributed by atoms with E-state index in [1.807, 2.05) is 40.1 Å². The molecular weight excluding hydrogens is 368 g/mol. The van der Waals surface area contributed by atoms with Crippen LogP contribution in [0.4, 0.5) is 23.3 Å². The Bertz CT molecular complexity index is 848. The summed E-state index contributed by atoms with van der Waals surface area (Å²) in [6.45, 7) is 11.6. The van der Waals surface area contributed by atoms with E-state index in [0.29, 0.717) is 23.9 Å². The molecule has 3 N–H and O–H groups in total. The number of carbonyl (C=O) groups excluding carboxylic acids is 1. The second-order valence-electron chi connectivity index (χ2n) is 8.12. The van der Waals surface area contributed by atoms with Gasteiger partial charge in [0.2, 0.25) is 5.95 Å². The zero-order chi connectivity index (χ0) is 21.6. The molecule has 0 atom stereocenters. The zero-order valence-corrected chi connectivity index (χ0v) is 18.4. The summed E-state index contributed by atoms with van der Waals surface area (Å²) in [5.41, 5.74) is 4.76. The fourth-order valence-electron chi connectivity index (χ4n) is 2.82. The van der Waals surface area contributed by atoms with Crippen LogP contribution < -0.4 is 21.0 Å². The predicted octanol–water partition coefficient (Wildman–Crippen LogP) is 3.73. The molecule has 0 aliphatic rings. The zero-order valence-electron chi connectivity index (χ0n) is 18.4. The molecule has 8 nitrogen and oxygen atoms in total. The van der Waals surface area contributed by atoms with Crippen LogP contribution in [0, 0.1) is 12.3 Å². The molecule has 2 aromatic rings. The summed E-state index contributed by atoms with van der Waals surface area (Å²) in [6.07, 6.45) is 0. The first kappa shape index (κ1) is 22.4. The number of hydroxylamine groups is 1. The number of anilines is 4. The fraction of sp³-hybridized carbons (Fsp3) is 0.476. The van der Waals surface area contributed by atoms with E-state index in [-0.39, 0.29) is 11.3 Å². The average Bonchev–Trinajstić information content (AvgIpc) is 2.66. The van der Waals surface area contributed by atoms with Gasteiger partial charge in [-0.25, -0.2) is 5.48 Å². The number of benzene rings is 1. The first-order valence-corrected chi connectivity index (χ1v) is 9.70. The Morgan fingerprint density at radius 2 is 1.93 bits per heavy atom. The maximum Gasteiger partial charge on any atom is 0.274 e. The third-order valence-electron chi connectivity index (χ3n) is 4.13. The molecule has 8 heteroatoms. The van der Waals surface area contributed by atoms with Gasteiger partial charge in [0, 0.05) is 38.0 Å². The van der Waals surface area contributed by atoms with Gasteiger partial charge in [-0.1, -0.05) is 26.8 Å². The molecule has 0 bridgehead atoms. The summed E-state index contributed by atoms with van der Waals surface area (Å²) < 4.78 is 0. The molecule has 2 rings (SSSR count). The summed E-state index contributed by atoms with van der Waals surface area (Å²) in [4.78, 5) is 28.5. The molecule has 29 heavy (non-hydrogen) atoms. The molecule has 0 spiro atoms. The number of hydrogen-bond donors (Lipinski definition) is 3. The van der Waals surface area contributed by atoms with E-state index in [0.717, 1.165) is 23.6 Å².